The third kappa shape index (κ3) is 2.21. The van der Waals surface area contributed by atoms with Crippen LogP contribution in [0.15, 0.2) is 10.7 Å². The molecule has 0 fully saturated rings. The highest BCUT2D eigenvalue weighted by Gasteiger charge is 2.23. The Morgan fingerprint density at radius 2 is 2.18 bits per heavy atom. The maximum atomic E-state index is 5.92. The molecule has 0 radical (unpaired) electrons. The molecule has 2 heterocycles. The molecular weight excluding hydrogens is 218 g/mol. The number of nitrogens with two attached hydrogens (primary N) is 1. The van der Waals surface area contributed by atoms with Crippen molar-refractivity contribution in [1.29, 1.82) is 0 Å². The zero-order valence-electron chi connectivity index (χ0n) is 10.6. The summed E-state index contributed by atoms with van der Waals surface area (Å²) < 4.78 is 6.98. The number of hydrogen-bond acceptors (Lipinski definition) is 5. The lowest BCUT2D eigenvalue weighted by Gasteiger charge is -2.11. The molecule has 0 amide bonds. The fraction of sp³-hybridized carbons (Fsp3) is 0.545. The molecule has 2 N–H and O–H groups in total. The van der Waals surface area contributed by atoms with Crippen LogP contribution in [-0.2, 0) is 19.0 Å². The quantitative estimate of drug-likeness (QED) is 0.865. The summed E-state index contributed by atoms with van der Waals surface area (Å²) in [7, 11) is 1.87. The van der Waals surface area contributed by atoms with E-state index in [2.05, 4.69) is 15.2 Å². The fourth-order valence-corrected chi connectivity index (χ4v) is 1.57. The topological polar surface area (TPSA) is 82.8 Å². The minimum absolute atomic E-state index is 0.475. The molecule has 0 aliphatic rings. The Balaban J connectivity index is 2.43. The van der Waals surface area contributed by atoms with E-state index in [0.29, 0.717) is 11.7 Å². The van der Waals surface area contributed by atoms with Gasteiger partial charge in [0.1, 0.15) is 0 Å². The van der Waals surface area contributed by atoms with E-state index in [1.54, 1.807) is 4.68 Å². The summed E-state index contributed by atoms with van der Waals surface area (Å²) >= 11 is 0. The number of nitrogens with zero attached hydrogens (tertiary/aromatic N) is 4. The van der Waals surface area contributed by atoms with Crippen molar-refractivity contribution in [2.45, 2.75) is 32.7 Å². The minimum atomic E-state index is -0.601. The Morgan fingerprint density at radius 3 is 2.71 bits per heavy atom. The summed E-state index contributed by atoms with van der Waals surface area (Å²) in [5, 5.41) is 8.23. The molecule has 0 bridgehead atoms. The number of aromatic nitrogens is 4. The first-order valence-corrected chi connectivity index (χ1v) is 5.57. The second kappa shape index (κ2) is 3.96. The van der Waals surface area contributed by atoms with Crippen molar-refractivity contribution in [2.24, 2.45) is 12.8 Å². The average molecular weight is 235 g/mol. The Bertz CT molecular complexity index is 520. The van der Waals surface area contributed by atoms with E-state index >= 15 is 0 Å². The lowest BCUT2D eigenvalue weighted by Crippen LogP contribution is -2.30. The molecule has 2 aromatic heterocycles. The second-order valence-electron chi connectivity index (χ2n) is 4.66. The molecule has 0 aliphatic heterocycles. The Labute approximate surface area is 99.8 Å². The molecule has 0 aliphatic carbocycles. The first-order chi connectivity index (χ1) is 7.91. The molecule has 0 spiro atoms. The average Bonchev–Trinajstić information content (AvgIpc) is 2.81. The largest absolute Gasteiger partial charge is 0.334 e. The maximum absolute atomic E-state index is 5.92. The van der Waals surface area contributed by atoms with Gasteiger partial charge in [-0.1, -0.05) is 12.1 Å². The van der Waals surface area contributed by atoms with E-state index in [1.807, 2.05) is 34.0 Å². The van der Waals surface area contributed by atoms with Crippen molar-refractivity contribution >= 4 is 0 Å². The SMILES string of the molecule is CCc1nn(C)cc1-c1nc(C(C)(C)N)no1. The number of aryl methyl sites for hydroxylation is 2. The van der Waals surface area contributed by atoms with Crippen LogP contribution in [0.2, 0.25) is 0 Å². The highest BCUT2D eigenvalue weighted by molar-refractivity contribution is 5.55. The lowest BCUT2D eigenvalue weighted by atomic mass is 10.1. The molecular formula is C11H17N5O. The molecule has 6 nitrogen and oxygen atoms in total. The Morgan fingerprint density at radius 1 is 1.47 bits per heavy atom. The molecule has 0 saturated heterocycles. The van der Waals surface area contributed by atoms with Crippen LogP contribution in [0.4, 0.5) is 0 Å². The van der Waals surface area contributed by atoms with Crippen LogP contribution in [0.25, 0.3) is 11.5 Å². The van der Waals surface area contributed by atoms with Gasteiger partial charge < -0.3 is 10.3 Å². The zero-order valence-corrected chi connectivity index (χ0v) is 10.6. The summed E-state index contributed by atoms with van der Waals surface area (Å²) in [6.07, 6.45) is 2.69. The van der Waals surface area contributed by atoms with Crippen LogP contribution < -0.4 is 5.73 Å². The second-order valence-corrected chi connectivity index (χ2v) is 4.66. The van der Waals surface area contributed by atoms with E-state index in [4.69, 9.17) is 10.3 Å². The lowest BCUT2D eigenvalue weighted by molar-refractivity contribution is 0.397. The van der Waals surface area contributed by atoms with Crippen molar-refractivity contribution in [1.82, 2.24) is 19.9 Å². The molecule has 17 heavy (non-hydrogen) atoms. The first-order valence-electron chi connectivity index (χ1n) is 5.57. The van der Waals surface area contributed by atoms with Gasteiger partial charge >= 0.3 is 0 Å². The molecule has 0 saturated carbocycles. The van der Waals surface area contributed by atoms with Gasteiger partial charge in [0.25, 0.3) is 5.89 Å². The van der Waals surface area contributed by atoms with Gasteiger partial charge in [-0.25, -0.2) is 0 Å². The Hall–Kier alpha value is -1.69. The van der Waals surface area contributed by atoms with Gasteiger partial charge in [0.15, 0.2) is 5.82 Å². The molecule has 2 aromatic rings. The predicted molar refractivity (Wildman–Crippen MR) is 63.1 cm³/mol. The van der Waals surface area contributed by atoms with Crippen molar-refractivity contribution in [2.75, 3.05) is 0 Å². The molecule has 6 heteroatoms. The van der Waals surface area contributed by atoms with E-state index in [9.17, 15) is 0 Å². The van der Waals surface area contributed by atoms with Crippen LogP contribution >= 0.6 is 0 Å². The molecule has 2 rings (SSSR count). The third-order valence-corrected chi connectivity index (χ3v) is 2.47. The summed E-state index contributed by atoms with van der Waals surface area (Å²) in [5.41, 5.74) is 7.13. The monoisotopic (exact) mass is 235 g/mol. The van der Waals surface area contributed by atoms with Gasteiger partial charge in [-0.3, -0.25) is 4.68 Å². The van der Waals surface area contributed by atoms with Crippen LogP contribution in [0.1, 0.15) is 32.3 Å². The van der Waals surface area contributed by atoms with Gasteiger partial charge in [-0.05, 0) is 20.3 Å². The highest BCUT2D eigenvalue weighted by Crippen LogP contribution is 2.23. The minimum Gasteiger partial charge on any atom is -0.334 e. The normalized spacial score (nSPS) is 12.1. The van der Waals surface area contributed by atoms with Crippen LogP contribution in [0.3, 0.4) is 0 Å². The smallest absolute Gasteiger partial charge is 0.261 e. The zero-order chi connectivity index (χ0) is 12.6. The van der Waals surface area contributed by atoms with Gasteiger partial charge in [0.05, 0.1) is 16.8 Å². The highest BCUT2D eigenvalue weighted by atomic mass is 16.5. The van der Waals surface area contributed by atoms with Gasteiger partial charge in [0, 0.05) is 13.2 Å². The standard InChI is InChI=1S/C11H17N5O/c1-5-8-7(6-16(4)14-8)9-13-10(15-17-9)11(2,3)12/h6H,5,12H2,1-4H3. The predicted octanol–water partition coefficient (Wildman–Crippen LogP) is 1.23. The molecule has 0 aromatic carbocycles. The first kappa shape index (κ1) is 11.8. The van der Waals surface area contributed by atoms with Gasteiger partial charge in [0.2, 0.25) is 0 Å². The summed E-state index contributed by atoms with van der Waals surface area (Å²) in [6.45, 7) is 5.72. The van der Waals surface area contributed by atoms with Crippen LogP contribution in [-0.4, -0.2) is 19.9 Å². The van der Waals surface area contributed by atoms with E-state index in [0.717, 1.165) is 17.7 Å². The van der Waals surface area contributed by atoms with Gasteiger partial charge in [-0.2, -0.15) is 10.1 Å². The van der Waals surface area contributed by atoms with Crippen molar-refractivity contribution in [3.05, 3.63) is 17.7 Å². The van der Waals surface area contributed by atoms with Crippen LogP contribution in [0.5, 0.6) is 0 Å². The number of rotatable bonds is 3. The fourth-order valence-electron chi connectivity index (χ4n) is 1.57. The van der Waals surface area contributed by atoms with E-state index < -0.39 is 5.54 Å². The molecule has 0 unspecified atom stereocenters. The molecule has 0 atom stereocenters. The third-order valence-electron chi connectivity index (χ3n) is 2.47. The summed E-state index contributed by atoms with van der Waals surface area (Å²) in [6, 6.07) is 0. The van der Waals surface area contributed by atoms with E-state index in [1.165, 1.54) is 0 Å². The van der Waals surface area contributed by atoms with Crippen molar-refractivity contribution in [3.8, 4) is 11.5 Å². The van der Waals surface area contributed by atoms with Gasteiger partial charge in [-0.15, -0.1) is 0 Å². The molecule has 92 valence electrons. The maximum Gasteiger partial charge on any atom is 0.261 e. The van der Waals surface area contributed by atoms with Crippen molar-refractivity contribution < 1.29 is 4.52 Å². The Kier molecular flexibility index (Phi) is 2.74. The van der Waals surface area contributed by atoms with E-state index in [-0.39, 0.29) is 0 Å². The summed E-state index contributed by atoms with van der Waals surface area (Å²) in [4.78, 5) is 4.32. The number of hydrogen-bond donors (Lipinski definition) is 1. The van der Waals surface area contributed by atoms with Crippen LogP contribution in [0, 0.1) is 0 Å². The van der Waals surface area contributed by atoms with Crippen molar-refractivity contribution in [3.63, 3.8) is 0 Å². The summed E-state index contributed by atoms with van der Waals surface area (Å²) in [5.74, 6) is 0.974.